The molecule has 7 nitrogen and oxygen atoms in total. The molecule has 0 N–H and O–H groups in total. The molecule has 1 aliphatic rings. The number of carbonyl (C=O) groups is 1. The minimum absolute atomic E-state index is 0.0873. The first-order valence-corrected chi connectivity index (χ1v) is 10.5. The average molecular weight is 445 g/mol. The molecule has 0 atom stereocenters. The molecule has 0 saturated carbocycles. The molecule has 0 aliphatic carbocycles. The van der Waals surface area contributed by atoms with Gasteiger partial charge in [-0.15, -0.1) is 0 Å². The molecule has 1 aliphatic heterocycles. The van der Waals surface area contributed by atoms with Gasteiger partial charge in [0.1, 0.15) is 29.0 Å². The lowest BCUT2D eigenvalue weighted by Crippen LogP contribution is -2.27. The van der Waals surface area contributed by atoms with Crippen molar-refractivity contribution in [3.63, 3.8) is 0 Å². The molecule has 1 amide bonds. The Morgan fingerprint density at radius 2 is 1.87 bits per heavy atom. The van der Waals surface area contributed by atoms with E-state index in [1.54, 1.807) is 6.08 Å². The third-order valence-electron chi connectivity index (χ3n) is 4.37. The van der Waals surface area contributed by atoms with Crippen LogP contribution >= 0.6 is 24.0 Å². The highest BCUT2D eigenvalue weighted by Crippen LogP contribution is 2.35. The van der Waals surface area contributed by atoms with E-state index in [2.05, 4.69) is 0 Å². The summed E-state index contributed by atoms with van der Waals surface area (Å²) in [4.78, 5) is 25.1. The number of thiocarbonyl (C=S) groups is 1. The fourth-order valence-electron chi connectivity index (χ4n) is 2.83. The Morgan fingerprint density at radius 1 is 1.17 bits per heavy atom. The molecule has 0 unspecified atom stereocenters. The zero-order valence-corrected chi connectivity index (χ0v) is 18.1. The molecule has 0 aromatic heterocycles. The van der Waals surface area contributed by atoms with E-state index in [4.69, 9.17) is 21.7 Å². The molecule has 0 spiro atoms. The van der Waals surface area contributed by atoms with Crippen LogP contribution < -0.4 is 9.47 Å². The van der Waals surface area contributed by atoms with Crippen LogP contribution in [0.4, 0.5) is 5.69 Å². The highest BCUT2D eigenvalue weighted by molar-refractivity contribution is 8.26. The summed E-state index contributed by atoms with van der Waals surface area (Å²) >= 11 is 6.39. The summed E-state index contributed by atoms with van der Waals surface area (Å²) in [5, 5.41) is 11.2. The standard InChI is InChI=1S/C21H20N2O5S2/c1-3-22-20(24)19(30-21(22)29)13-15-12-16(23(25)26)8-9-18(15)28-11-10-27-17-7-5-4-6-14(17)2/h4-9,12-13H,3,10-11H2,1-2H3/b19-13-. The highest BCUT2D eigenvalue weighted by Gasteiger charge is 2.31. The molecule has 1 heterocycles. The van der Waals surface area contributed by atoms with E-state index >= 15 is 0 Å². The second kappa shape index (κ2) is 9.73. The fraction of sp³-hybridized carbons (Fsp3) is 0.238. The Kier molecular flexibility index (Phi) is 7.07. The predicted octanol–water partition coefficient (Wildman–Crippen LogP) is 4.58. The third kappa shape index (κ3) is 4.98. The summed E-state index contributed by atoms with van der Waals surface area (Å²) in [5.41, 5.74) is 1.37. The van der Waals surface area contributed by atoms with Crippen LogP contribution in [0.2, 0.25) is 0 Å². The number of amides is 1. The number of benzene rings is 2. The maximum Gasteiger partial charge on any atom is 0.270 e. The first-order valence-electron chi connectivity index (χ1n) is 9.25. The first kappa shape index (κ1) is 21.8. The number of carbonyl (C=O) groups excluding carboxylic acids is 1. The maximum absolute atomic E-state index is 12.5. The summed E-state index contributed by atoms with van der Waals surface area (Å²) in [5.74, 6) is 0.983. The lowest BCUT2D eigenvalue weighted by Gasteiger charge is -2.12. The zero-order valence-electron chi connectivity index (χ0n) is 16.5. The van der Waals surface area contributed by atoms with Crippen molar-refractivity contribution in [1.29, 1.82) is 0 Å². The van der Waals surface area contributed by atoms with Crippen molar-refractivity contribution >= 4 is 46.0 Å². The Balaban J connectivity index is 1.77. The molecule has 0 radical (unpaired) electrons. The Hall–Kier alpha value is -2.91. The van der Waals surface area contributed by atoms with Crippen molar-refractivity contribution in [1.82, 2.24) is 4.90 Å². The second-order valence-electron chi connectivity index (χ2n) is 6.37. The van der Waals surface area contributed by atoms with Gasteiger partial charge in [-0.3, -0.25) is 19.8 Å². The zero-order chi connectivity index (χ0) is 21.7. The third-order valence-corrected chi connectivity index (χ3v) is 5.75. The number of thioether (sulfide) groups is 1. The Labute approximate surface area is 183 Å². The minimum Gasteiger partial charge on any atom is -0.490 e. The number of rotatable bonds is 8. The molecule has 1 fully saturated rings. The normalized spacial score (nSPS) is 15.0. The van der Waals surface area contributed by atoms with E-state index in [1.165, 1.54) is 34.9 Å². The summed E-state index contributed by atoms with van der Waals surface area (Å²) in [6.45, 7) is 4.81. The summed E-state index contributed by atoms with van der Waals surface area (Å²) < 4.78 is 12.0. The molecule has 0 bridgehead atoms. The van der Waals surface area contributed by atoms with Gasteiger partial charge in [-0.2, -0.15) is 0 Å². The quantitative estimate of drug-likeness (QED) is 0.194. The lowest BCUT2D eigenvalue weighted by molar-refractivity contribution is -0.384. The van der Waals surface area contributed by atoms with E-state index < -0.39 is 4.92 Å². The van der Waals surface area contributed by atoms with Crippen LogP contribution in [0.5, 0.6) is 11.5 Å². The van der Waals surface area contributed by atoms with Gasteiger partial charge in [0.25, 0.3) is 11.6 Å². The van der Waals surface area contributed by atoms with E-state index in [0.29, 0.717) is 33.7 Å². The van der Waals surface area contributed by atoms with Gasteiger partial charge in [0.05, 0.1) is 9.83 Å². The van der Waals surface area contributed by atoms with Crippen LogP contribution in [-0.2, 0) is 4.79 Å². The van der Waals surface area contributed by atoms with Gasteiger partial charge in [-0.1, -0.05) is 42.2 Å². The number of nitrogens with zero attached hydrogens (tertiary/aromatic N) is 2. The number of ether oxygens (including phenoxy) is 2. The monoisotopic (exact) mass is 444 g/mol. The van der Waals surface area contributed by atoms with Crippen LogP contribution in [0, 0.1) is 17.0 Å². The van der Waals surface area contributed by atoms with Crippen molar-refractivity contribution in [2.75, 3.05) is 19.8 Å². The number of hydrogen-bond donors (Lipinski definition) is 0. The fourth-order valence-corrected chi connectivity index (χ4v) is 4.20. The molecular weight excluding hydrogens is 424 g/mol. The Morgan fingerprint density at radius 3 is 2.50 bits per heavy atom. The lowest BCUT2D eigenvalue weighted by atomic mass is 10.1. The number of non-ortho nitro benzene ring substituents is 1. The van der Waals surface area contributed by atoms with Crippen molar-refractivity contribution < 1.29 is 19.2 Å². The van der Waals surface area contributed by atoms with E-state index in [1.807, 2.05) is 38.1 Å². The molecule has 2 aromatic carbocycles. The van der Waals surface area contributed by atoms with Crippen LogP contribution in [0.1, 0.15) is 18.1 Å². The summed E-state index contributed by atoms with van der Waals surface area (Å²) in [7, 11) is 0. The van der Waals surface area contributed by atoms with Gasteiger partial charge in [0.2, 0.25) is 0 Å². The topological polar surface area (TPSA) is 81.9 Å². The van der Waals surface area contributed by atoms with E-state index in [-0.39, 0.29) is 18.2 Å². The molecule has 2 aromatic rings. The first-order chi connectivity index (χ1) is 14.4. The SMILES string of the molecule is CCN1C(=O)/C(=C/c2cc([N+](=O)[O-])ccc2OCCOc2ccccc2C)SC1=S. The van der Waals surface area contributed by atoms with Crippen molar-refractivity contribution in [3.8, 4) is 11.5 Å². The van der Waals surface area contributed by atoms with Gasteiger partial charge >= 0.3 is 0 Å². The summed E-state index contributed by atoms with van der Waals surface area (Å²) in [6, 6.07) is 11.9. The minimum atomic E-state index is -0.486. The molecule has 3 rings (SSSR count). The second-order valence-corrected chi connectivity index (χ2v) is 8.04. The van der Waals surface area contributed by atoms with Gasteiger partial charge in [-0.25, -0.2) is 0 Å². The number of hydrogen-bond acceptors (Lipinski definition) is 7. The largest absolute Gasteiger partial charge is 0.490 e. The number of para-hydroxylation sites is 1. The summed E-state index contributed by atoms with van der Waals surface area (Å²) in [6.07, 6.45) is 1.58. The smallest absolute Gasteiger partial charge is 0.270 e. The van der Waals surface area contributed by atoms with E-state index in [0.717, 1.165) is 11.3 Å². The number of nitro benzene ring substituents is 1. The van der Waals surface area contributed by atoms with E-state index in [9.17, 15) is 14.9 Å². The molecule has 30 heavy (non-hydrogen) atoms. The van der Waals surface area contributed by atoms with Crippen molar-refractivity contribution in [2.45, 2.75) is 13.8 Å². The van der Waals surface area contributed by atoms with Gasteiger partial charge in [0, 0.05) is 24.2 Å². The van der Waals surface area contributed by atoms with Gasteiger partial charge in [-0.05, 0) is 37.6 Å². The Bertz CT molecular complexity index is 1020. The van der Waals surface area contributed by atoms with Gasteiger partial charge < -0.3 is 9.47 Å². The number of aryl methyl sites for hydroxylation is 1. The molecular formula is C21H20N2O5S2. The van der Waals surface area contributed by atoms with Crippen molar-refractivity contribution in [3.05, 3.63) is 68.6 Å². The molecule has 9 heteroatoms. The highest BCUT2D eigenvalue weighted by atomic mass is 32.2. The van der Waals surface area contributed by atoms with Crippen LogP contribution in [0.15, 0.2) is 47.4 Å². The average Bonchev–Trinajstić information content (AvgIpc) is 2.99. The molecule has 1 saturated heterocycles. The molecule has 156 valence electrons. The number of nitro groups is 1. The number of likely N-dealkylation sites (N-methyl/N-ethyl adjacent to an activating group) is 1. The van der Waals surface area contributed by atoms with Crippen LogP contribution in [0.25, 0.3) is 6.08 Å². The van der Waals surface area contributed by atoms with Crippen LogP contribution in [-0.4, -0.2) is 39.8 Å². The van der Waals surface area contributed by atoms with Crippen LogP contribution in [0.3, 0.4) is 0 Å². The van der Waals surface area contributed by atoms with Gasteiger partial charge in [0.15, 0.2) is 0 Å². The van der Waals surface area contributed by atoms with Crippen molar-refractivity contribution in [2.24, 2.45) is 0 Å². The maximum atomic E-state index is 12.5. The predicted molar refractivity (Wildman–Crippen MR) is 121 cm³/mol.